The fraction of sp³-hybridized carbons (Fsp3) is 0.500. The van der Waals surface area contributed by atoms with Gasteiger partial charge in [0.05, 0.1) is 5.02 Å². The van der Waals surface area contributed by atoms with Gasteiger partial charge in [-0.15, -0.1) is 0 Å². The van der Waals surface area contributed by atoms with E-state index in [0.717, 1.165) is 18.9 Å². The first kappa shape index (κ1) is 14.7. The number of hydrogen-bond donors (Lipinski definition) is 1. The molecule has 106 valence electrons. The highest BCUT2D eigenvalue weighted by Gasteiger charge is 2.37. The molecule has 1 fully saturated rings. The Hall–Kier alpha value is -0.690. The molecule has 7 heteroatoms. The lowest BCUT2D eigenvalue weighted by Gasteiger charge is -2.24. The first-order chi connectivity index (χ1) is 8.98. The summed E-state index contributed by atoms with van der Waals surface area (Å²) in [6, 6.07) is 3.75. The molecule has 1 N–H and O–H groups in total. The van der Waals surface area contributed by atoms with E-state index in [9.17, 15) is 12.8 Å². The zero-order chi connectivity index (χ0) is 14.0. The van der Waals surface area contributed by atoms with E-state index in [0.29, 0.717) is 13.1 Å². The van der Waals surface area contributed by atoms with Crippen molar-refractivity contribution in [3.8, 4) is 0 Å². The maximum Gasteiger partial charge on any atom is 0.247 e. The summed E-state index contributed by atoms with van der Waals surface area (Å²) in [7, 11) is -2.12. The van der Waals surface area contributed by atoms with Gasteiger partial charge in [-0.3, -0.25) is 0 Å². The predicted molar refractivity (Wildman–Crippen MR) is 72.3 cm³/mol. The molecule has 1 unspecified atom stereocenters. The van der Waals surface area contributed by atoms with Crippen molar-refractivity contribution in [1.82, 2.24) is 9.62 Å². The Morgan fingerprint density at radius 2 is 2.26 bits per heavy atom. The van der Waals surface area contributed by atoms with Crippen molar-refractivity contribution in [3.63, 3.8) is 0 Å². The Morgan fingerprint density at radius 1 is 1.53 bits per heavy atom. The highest BCUT2D eigenvalue weighted by atomic mass is 35.5. The minimum Gasteiger partial charge on any atom is -0.318 e. The summed E-state index contributed by atoms with van der Waals surface area (Å²) >= 11 is 5.86. The van der Waals surface area contributed by atoms with Crippen molar-refractivity contribution < 1.29 is 12.8 Å². The average Bonchev–Trinajstić information content (AvgIpc) is 2.78. The second kappa shape index (κ2) is 5.75. The molecule has 0 saturated carbocycles. The molecule has 0 aromatic heterocycles. The molecule has 0 aliphatic carbocycles. The number of halogens is 2. The van der Waals surface area contributed by atoms with Gasteiger partial charge in [0.2, 0.25) is 10.0 Å². The lowest BCUT2D eigenvalue weighted by atomic mass is 10.2. The molecule has 0 radical (unpaired) electrons. The fourth-order valence-electron chi connectivity index (χ4n) is 2.41. The first-order valence-corrected chi connectivity index (χ1v) is 7.90. The van der Waals surface area contributed by atoms with Crippen molar-refractivity contribution in [2.45, 2.75) is 23.8 Å². The van der Waals surface area contributed by atoms with Crippen molar-refractivity contribution in [3.05, 3.63) is 29.0 Å². The van der Waals surface area contributed by atoms with Gasteiger partial charge in [-0.25, -0.2) is 12.8 Å². The predicted octanol–water partition coefficient (Wildman–Crippen LogP) is 1.85. The molecule has 2 rings (SSSR count). The van der Waals surface area contributed by atoms with Crippen LogP contribution in [0.25, 0.3) is 0 Å². The molecule has 0 spiro atoms. The van der Waals surface area contributed by atoms with Gasteiger partial charge in [0, 0.05) is 19.1 Å². The van der Waals surface area contributed by atoms with E-state index in [1.165, 1.54) is 16.4 Å². The van der Waals surface area contributed by atoms with Gasteiger partial charge >= 0.3 is 0 Å². The molecular weight excluding hydrogens is 291 g/mol. The Labute approximate surface area is 117 Å². The Kier molecular flexibility index (Phi) is 4.45. The average molecular weight is 307 g/mol. The van der Waals surface area contributed by atoms with Crippen LogP contribution in [-0.2, 0) is 10.0 Å². The molecule has 1 aromatic rings. The quantitative estimate of drug-likeness (QED) is 0.923. The maximum atomic E-state index is 13.8. The maximum absolute atomic E-state index is 13.8. The largest absolute Gasteiger partial charge is 0.318 e. The van der Waals surface area contributed by atoms with E-state index in [1.807, 2.05) is 0 Å². The lowest BCUT2D eigenvalue weighted by molar-refractivity contribution is 0.377. The van der Waals surface area contributed by atoms with Crippen molar-refractivity contribution >= 4 is 21.6 Å². The third kappa shape index (κ3) is 2.76. The van der Waals surface area contributed by atoms with Crippen LogP contribution < -0.4 is 5.32 Å². The Bertz CT molecular complexity index is 545. The second-order valence-corrected chi connectivity index (χ2v) is 6.75. The molecular formula is C12H16ClFN2O2S. The minimum atomic E-state index is -3.89. The molecule has 4 nitrogen and oxygen atoms in total. The van der Waals surface area contributed by atoms with Gasteiger partial charge in [-0.05, 0) is 32.0 Å². The van der Waals surface area contributed by atoms with Crippen LogP contribution in [0.15, 0.2) is 23.1 Å². The van der Waals surface area contributed by atoms with Crippen LogP contribution >= 0.6 is 11.6 Å². The molecule has 1 atom stereocenters. The van der Waals surface area contributed by atoms with E-state index in [-0.39, 0.29) is 11.1 Å². The molecule has 1 aromatic carbocycles. The number of likely N-dealkylation sites (N-methyl/N-ethyl adjacent to an activating group) is 1. The summed E-state index contributed by atoms with van der Waals surface area (Å²) in [6.07, 6.45) is 1.55. The van der Waals surface area contributed by atoms with Gasteiger partial charge in [0.1, 0.15) is 10.7 Å². The molecule has 1 heterocycles. The highest BCUT2D eigenvalue weighted by Crippen LogP contribution is 2.31. The number of nitrogens with one attached hydrogen (secondary N) is 1. The van der Waals surface area contributed by atoms with Crippen LogP contribution in [0.2, 0.25) is 5.02 Å². The number of sulfonamides is 1. The fourth-order valence-corrected chi connectivity index (χ4v) is 4.67. The van der Waals surface area contributed by atoms with Gasteiger partial charge in [-0.1, -0.05) is 17.7 Å². The summed E-state index contributed by atoms with van der Waals surface area (Å²) in [6.45, 7) is 0.949. The van der Waals surface area contributed by atoms with Gasteiger partial charge < -0.3 is 5.32 Å². The SMILES string of the molecule is CNCC1CCCN1S(=O)(=O)c1c(F)cccc1Cl. The molecule has 0 bridgehead atoms. The smallest absolute Gasteiger partial charge is 0.247 e. The summed E-state index contributed by atoms with van der Waals surface area (Å²) < 4.78 is 40.2. The zero-order valence-corrected chi connectivity index (χ0v) is 12.1. The number of hydrogen-bond acceptors (Lipinski definition) is 3. The van der Waals surface area contributed by atoms with Crippen LogP contribution in [0.5, 0.6) is 0 Å². The van der Waals surface area contributed by atoms with Gasteiger partial charge in [-0.2, -0.15) is 4.31 Å². The molecule has 1 aliphatic rings. The summed E-state index contributed by atoms with van der Waals surface area (Å²) in [4.78, 5) is -0.417. The van der Waals surface area contributed by atoms with Crippen molar-refractivity contribution in [1.29, 1.82) is 0 Å². The van der Waals surface area contributed by atoms with E-state index >= 15 is 0 Å². The Balaban J connectivity index is 2.42. The lowest BCUT2D eigenvalue weighted by Crippen LogP contribution is -2.41. The zero-order valence-electron chi connectivity index (χ0n) is 10.6. The van der Waals surface area contributed by atoms with Crippen molar-refractivity contribution in [2.24, 2.45) is 0 Å². The summed E-state index contributed by atoms with van der Waals surface area (Å²) in [5.41, 5.74) is 0. The van der Waals surface area contributed by atoms with Crippen LogP contribution in [0, 0.1) is 5.82 Å². The third-order valence-electron chi connectivity index (χ3n) is 3.25. The van der Waals surface area contributed by atoms with E-state index in [2.05, 4.69) is 5.32 Å². The minimum absolute atomic E-state index is 0.0740. The topological polar surface area (TPSA) is 49.4 Å². The first-order valence-electron chi connectivity index (χ1n) is 6.09. The summed E-state index contributed by atoms with van der Waals surface area (Å²) in [5, 5.41) is 2.89. The van der Waals surface area contributed by atoms with Gasteiger partial charge in [0.15, 0.2) is 0 Å². The van der Waals surface area contributed by atoms with Crippen LogP contribution in [0.4, 0.5) is 4.39 Å². The van der Waals surface area contributed by atoms with Crippen molar-refractivity contribution in [2.75, 3.05) is 20.1 Å². The second-order valence-electron chi connectivity index (χ2n) is 4.52. The van der Waals surface area contributed by atoms with Crippen LogP contribution in [-0.4, -0.2) is 38.9 Å². The van der Waals surface area contributed by atoms with E-state index in [1.54, 1.807) is 7.05 Å². The number of nitrogens with zero attached hydrogens (tertiary/aromatic N) is 1. The monoisotopic (exact) mass is 306 g/mol. The summed E-state index contributed by atoms with van der Waals surface area (Å²) in [5.74, 6) is -0.803. The number of benzene rings is 1. The van der Waals surface area contributed by atoms with E-state index < -0.39 is 20.7 Å². The van der Waals surface area contributed by atoms with Crippen LogP contribution in [0.3, 0.4) is 0 Å². The van der Waals surface area contributed by atoms with Crippen LogP contribution in [0.1, 0.15) is 12.8 Å². The standard InChI is InChI=1S/C12H16ClFN2O2S/c1-15-8-9-4-3-7-16(9)19(17,18)12-10(13)5-2-6-11(12)14/h2,5-6,9,15H,3-4,7-8H2,1H3. The normalized spacial score (nSPS) is 20.9. The number of rotatable bonds is 4. The van der Waals surface area contributed by atoms with Gasteiger partial charge in [0.25, 0.3) is 0 Å². The molecule has 0 amide bonds. The highest BCUT2D eigenvalue weighted by molar-refractivity contribution is 7.89. The molecule has 1 saturated heterocycles. The molecule has 1 aliphatic heterocycles. The Morgan fingerprint density at radius 3 is 2.89 bits per heavy atom. The third-order valence-corrected chi connectivity index (χ3v) is 5.70. The molecule has 19 heavy (non-hydrogen) atoms. The van der Waals surface area contributed by atoms with E-state index in [4.69, 9.17) is 11.6 Å².